The number of pyridine rings is 1. The lowest BCUT2D eigenvalue weighted by Crippen LogP contribution is -2.48. The molecule has 2 aromatic heterocycles. The predicted octanol–water partition coefficient (Wildman–Crippen LogP) is 4.42. The molecule has 6 aromatic rings. The lowest BCUT2D eigenvalue weighted by Gasteiger charge is -2.35. The summed E-state index contributed by atoms with van der Waals surface area (Å²) in [5, 5.41) is 17.4. The minimum Gasteiger partial charge on any atom is -0.384 e. The highest BCUT2D eigenvalue weighted by Gasteiger charge is 2.34. The molecule has 2 aliphatic heterocycles. The Morgan fingerprint density at radius 3 is 2.22 bits per heavy atom. The van der Waals surface area contributed by atoms with Crippen LogP contribution in [0.1, 0.15) is 39.1 Å². The van der Waals surface area contributed by atoms with Crippen molar-refractivity contribution in [3.63, 3.8) is 0 Å². The summed E-state index contributed by atoms with van der Waals surface area (Å²) in [7, 11) is -3.67. The maximum Gasteiger partial charge on any atom is 0.270 e. The molecule has 54 heavy (non-hydrogen) atoms. The number of nitro benzene ring substituents is 1. The SMILES string of the molecule is CS(=O)(=O)O.Cc1cccc2c1c(=O)c1c(NCCCN3CCN(CCCN4C(=O)c5cccc6cc([N+](=O)[O-])cc(c56)C4=O)CC3)ccc3ncn2c31. The number of nitrogens with one attached hydrogen (secondary N) is 1. The van der Waals surface area contributed by atoms with Crippen LogP contribution in [0.3, 0.4) is 0 Å². The first-order valence-electron chi connectivity index (χ1n) is 17.6. The second-order valence-electron chi connectivity index (χ2n) is 13.7. The van der Waals surface area contributed by atoms with Crippen molar-refractivity contribution in [3.8, 4) is 0 Å². The Morgan fingerprint density at radius 2 is 1.52 bits per heavy atom. The molecule has 15 nitrogen and oxygen atoms in total. The topological polar surface area (TPSA) is 188 Å². The minimum atomic E-state index is -3.67. The maximum atomic E-state index is 13.7. The van der Waals surface area contributed by atoms with Crippen molar-refractivity contribution in [2.75, 3.05) is 63.9 Å². The maximum absolute atomic E-state index is 13.7. The fraction of sp³-hybridized carbons (Fsp3) is 0.316. The Balaban J connectivity index is 0.000000846. The number of anilines is 1. The number of amides is 2. The van der Waals surface area contributed by atoms with Gasteiger partial charge in [-0.15, -0.1) is 0 Å². The van der Waals surface area contributed by atoms with Crippen LogP contribution in [0.15, 0.2) is 71.8 Å². The highest BCUT2D eigenvalue weighted by molar-refractivity contribution is 7.85. The molecule has 0 saturated carbocycles. The standard InChI is InChI=1S/C37H35N7O5.CH4O3S/c1-23-6-2-9-30-31(23)35(45)33-28(10-11-29-34(33)43(30)22-39-29)38-12-4-13-40-16-18-41(19-17-40)14-5-15-42-36(46)26-8-3-7-24-20-25(44(48)49)21-27(32(24)26)37(42)47;1-5(2,3)4/h2-3,6-11,20-22,38H,4-5,12-19H2,1H3;1H3,(H,2,3,4). The van der Waals surface area contributed by atoms with Gasteiger partial charge in [0.15, 0.2) is 5.43 Å². The van der Waals surface area contributed by atoms with Crippen LogP contribution in [0.25, 0.3) is 38.1 Å². The molecule has 0 bridgehead atoms. The molecule has 0 spiro atoms. The summed E-state index contributed by atoms with van der Waals surface area (Å²) in [6.45, 7) is 8.26. The smallest absolute Gasteiger partial charge is 0.270 e. The molecule has 2 aliphatic rings. The van der Waals surface area contributed by atoms with Crippen LogP contribution in [-0.2, 0) is 10.1 Å². The summed E-state index contributed by atoms with van der Waals surface area (Å²) >= 11 is 0. The zero-order valence-corrected chi connectivity index (χ0v) is 30.6. The van der Waals surface area contributed by atoms with Crippen molar-refractivity contribution in [3.05, 3.63) is 104 Å². The number of carbonyl (C=O) groups excluding carboxylic acids is 2. The average molecular weight is 754 g/mol. The van der Waals surface area contributed by atoms with Gasteiger partial charge in [0.25, 0.3) is 27.6 Å². The van der Waals surface area contributed by atoms with E-state index in [1.807, 2.05) is 41.7 Å². The molecule has 2 amide bonds. The van der Waals surface area contributed by atoms with E-state index in [-0.39, 0.29) is 29.1 Å². The Labute approximate surface area is 310 Å². The van der Waals surface area contributed by atoms with Gasteiger partial charge in [-0.2, -0.15) is 8.42 Å². The number of rotatable bonds is 10. The number of fused-ring (bicyclic) bond motifs is 2. The van der Waals surface area contributed by atoms with Crippen LogP contribution in [0.2, 0.25) is 0 Å². The molecule has 0 atom stereocenters. The van der Waals surface area contributed by atoms with Crippen LogP contribution >= 0.6 is 0 Å². The molecule has 280 valence electrons. The molecule has 1 saturated heterocycles. The summed E-state index contributed by atoms with van der Waals surface area (Å²) < 4.78 is 27.9. The largest absolute Gasteiger partial charge is 0.384 e. The lowest BCUT2D eigenvalue weighted by molar-refractivity contribution is -0.384. The number of hydrogen-bond acceptors (Lipinski definition) is 11. The lowest BCUT2D eigenvalue weighted by atomic mass is 9.93. The third-order valence-corrected chi connectivity index (χ3v) is 10.1. The molecule has 8 rings (SSSR count). The molecule has 4 heterocycles. The molecule has 1 fully saturated rings. The fourth-order valence-electron chi connectivity index (χ4n) is 7.60. The van der Waals surface area contributed by atoms with Gasteiger partial charge in [0.1, 0.15) is 6.33 Å². The number of imidazole rings is 1. The molecular formula is C38H39N7O8S. The monoisotopic (exact) mass is 753 g/mol. The van der Waals surface area contributed by atoms with Crippen molar-refractivity contribution in [2.45, 2.75) is 19.8 Å². The van der Waals surface area contributed by atoms with Crippen LogP contribution in [-0.4, -0.2) is 112 Å². The Hall–Kier alpha value is -5.55. The van der Waals surface area contributed by atoms with E-state index < -0.39 is 20.9 Å². The van der Waals surface area contributed by atoms with Gasteiger partial charge in [0.05, 0.1) is 38.7 Å². The van der Waals surface area contributed by atoms with Crippen LogP contribution in [0.5, 0.6) is 0 Å². The van der Waals surface area contributed by atoms with Crippen molar-refractivity contribution in [1.82, 2.24) is 24.1 Å². The van der Waals surface area contributed by atoms with Gasteiger partial charge in [-0.3, -0.25) is 38.4 Å². The second kappa shape index (κ2) is 14.7. The number of piperazine rings is 1. The number of aryl methyl sites for hydroxylation is 1. The van der Waals surface area contributed by atoms with Gasteiger partial charge >= 0.3 is 0 Å². The summed E-state index contributed by atoms with van der Waals surface area (Å²) in [6.07, 6.45) is 4.05. The normalized spacial score (nSPS) is 15.4. The minimum absolute atomic E-state index is 0.0329. The number of imide groups is 1. The summed E-state index contributed by atoms with van der Waals surface area (Å²) in [4.78, 5) is 61.9. The third-order valence-electron chi connectivity index (χ3n) is 10.1. The van der Waals surface area contributed by atoms with Crippen molar-refractivity contribution in [2.24, 2.45) is 0 Å². The van der Waals surface area contributed by atoms with E-state index in [1.54, 1.807) is 24.5 Å². The van der Waals surface area contributed by atoms with E-state index in [2.05, 4.69) is 20.1 Å². The highest BCUT2D eigenvalue weighted by Crippen LogP contribution is 2.34. The number of aromatic nitrogens is 2. The zero-order valence-electron chi connectivity index (χ0n) is 29.8. The number of nitro groups is 1. The van der Waals surface area contributed by atoms with E-state index in [4.69, 9.17) is 4.55 Å². The predicted molar refractivity (Wildman–Crippen MR) is 206 cm³/mol. The molecule has 4 aromatic carbocycles. The fourth-order valence-corrected chi connectivity index (χ4v) is 7.60. The number of hydrogen-bond donors (Lipinski definition) is 2. The first-order chi connectivity index (χ1) is 25.8. The van der Waals surface area contributed by atoms with Gasteiger partial charge in [-0.05, 0) is 68.1 Å². The van der Waals surface area contributed by atoms with Crippen molar-refractivity contribution < 1.29 is 27.5 Å². The van der Waals surface area contributed by atoms with Crippen molar-refractivity contribution in [1.29, 1.82) is 0 Å². The second-order valence-corrected chi connectivity index (χ2v) is 15.2. The number of non-ortho nitro benzene ring substituents is 1. The first-order valence-corrected chi connectivity index (χ1v) is 19.5. The molecule has 2 N–H and O–H groups in total. The summed E-state index contributed by atoms with van der Waals surface area (Å²) in [5.74, 6) is -0.829. The van der Waals surface area contributed by atoms with Crippen LogP contribution < -0.4 is 10.7 Å². The van der Waals surface area contributed by atoms with Gasteiger partial charge in [-0.25, -0.2) is 4.98 Å². The number of carbonyl (C=O) groups is 2. The Kier molecular flexibility index (Phi) is 10.0. The Morgan fingerprint density at radius 1 is 0.852 bits per heavy atom. The molecule has 0 unspecified atom stereocenters. The van der Waals surface area contributed by atoms with E-state index in [0.29, 0.717) is 34.4 Å². The number of benzene rings is 4. The van der Waals surface area contributed by atoms with Gasteiger partial charge in [-0.1, -0.05) is 24.3 Å². The van der Waals surface area contributed by atoms with E-state index >= 15 is 0 Å². The molecular weight excluding hydrogens is 715 g/mol. The zero-order chi connectivity index (χ0) is 38.3. The molecule has 16 heteroatoms. The quantitative estimate of drug-likeness (QED) is 0.0502. The highest BCUT2D eigenvalue weighted by atomic mass is 32.2. The molecule has 0 radical (unpaired) electrons. The van der Waals surface area contributed by atoms with E-state index in [9.17, 15) is 32.9 Å². The van der Waals surface area contributed by atoms with Gasteiger partial charge in [0, 0.05) is 73.4 Å². The van der Waals surface area contributed by atoms with Gasteiger partial charge < -0.3 is 15.1 Å². The van der Waals surface area contributed by atoms with Crippen molar-refractivity contribution >= 4 is 71.4 Å². The van der Waals surface area contributed by atoms with Gasteiger partial charge in [0.2, 0.25) is 0 Å². The average Bonchev–Trinajstić information content (AvgIpc) is 3.57. The first kappa shape index (κ1) is 36.8. The summed E-state index contributed by atoms with van der Waals surface area (Å²) in [6, 6.07) is 17.6. The van der Waals surface area contributed by atoms with Crippen LogP contribution in [0.4, 0.5) is 11.4 Å². The van der Waals surface area contributed by atoms with E-state index in [1.165, 1.54) is 17.0 Å². The van der Waals surface area contributed by atoms with E-state index in [0.717, 1.165) is 85.4 Å². The Bertz CT molecular complexity index is 2610. The third kappa shape index (κ3) is 7.20. The van der Waals surface area contributed by atoms with Crippen LogP contribution in [0, 0.1) is 17.0 Å². The number of nitrogens with zero attached hydrogens (tertiary/aromatic N) is 6. The summed E-state index contributed by atoms with van der Waals surface area (Å²) in [5.41, 5.74) is 4.81. The molecule has 0 aliphatic carbocycles.